The van der Waals surface area contributed by atoms with Gasteiger partial charge in [0.1, 0.15) is 11.6 Å². The fraction of sp³-hybridized carbons (Fsp3) is 0.923. The zero-order valence-corrected chi connectivity index (χ0v) is 15.7. The molecule has 1 atom stereocenters. The van der Waals surface area contributed by atoms with Crippen molar-refractivity contribution in [2.24, 2.45) is 0 Å². The van der Waals surface area contributed by atoms with E-state index in [1.807, 2.05) is 0 Å². The number of nitrogens with one attached hydrogen (secondary N) is 1. The summed E-state index contributed by atoms with van der Waals surface area (Å²) in [6.45, 7) is 11.1. The van der Waals surface area contributed by atoms with Gasteiger partial charge in [-0.05, 0) is 33.2 Å². The predicted octanol–water partition coefficient (Wildman–Crippen LogP) is 1.34. The SMILES string of the molecule is CC(C)(C)OC(=O)[C@H](CCO)NS(=O)(=O)CC[Si](C)(C)C. The fourth-order valence-electron chi connectivity index (χ4n) is 1.44. The number of aliphatic hydroxyl groups excluding tert-OH is 1. The number of hydrogen-bond donors (Lipinski definition) is 2. The number of rotatable bonds is 8. The number of carbonyl (C=O) groups is 1. The molecule has 0 spiro atoms. The van der Waals surface area contributed by atoms with Gasteiger partial charge in [0.2, 0.25) is 10.0 Å². The van der Waals surface area contributed by atoms with Crippen molar-refractivity contribution >= 4 is 24.1 Å². The van der Waals surface area contributed by atoms with Crippen molar-refractivity contribution < 1.29 is 23.1 Å². The molecule has 0 rings (SSSR count). The largest absolute Gasteiger partial charge is 0.459 e. The third-order valence-electron chi connectivity index (χ3n) is 2.55. The van der Waals surface area contributed by atoms with Crippen LogP contribution in [0, 0.1) is 0 Å². The first-order chi connectivity index (χ1) is 9.26. The van der Waals surface area contributed by atoms with E-state index in [-0.39, 0.29) is 18.8 Å². The van der Waals surface area contributed by atoms with Gasteiger partial charge in [0.25, 0.3) is 0 Å². The third kappa shape index (κ3) is 10.9. The van der Waals surface area contributed by atoms with Gasteiger partial charge >= 0.3 is 5.97 Å². The Kier molecular flexibility index (Phi) is 7.55. The zero-order valence-electron chi connectivity index (χ0n) is 13.9. The van der Waals surface area contributed by atoms with Crippen LogP contribution in [0.2, 0.25) is 25.7 Å². The highest BCUT2D eigenvalue weighted by molar-refractivity contribution is 7.89. The summed E-state index contributed by atoms with van der Waals surface area (Å²) in [5.41, 5.74) is -0.700. The first-order valence-corrected chi connectivity index (χ1v) is 12.5. The summed E-state index contributed by atoms with van der Waals surface area (Å²) in [5, 5.41) is 9.00. The molecule has 2 N–H and O–H groups in total. The van der Waals surface area contributed by atoms with E-state index >= 15 is 0 Å². The topological polar surface area (TPSA) is 92.7 Å². The van der Waals surface area contributed by atoms with E-state index in [1.54, 1.807) is 20.8 Å². The molecule has 8 heteroatoms. The molecule has 0 fully saturated rings. The summed E-state index contributed by atoms with van der Waals surface area (Å²) in [7, 11) is -5.05. The molecule has 0 aromatic rings. The Morgan fingerprint density at radius 2 is 1.81 bits per heavy atom. The highest BCUT2D eigenvalue weighted by atomic mass is 32.2. The van der Waals surface area contributed by atoms with Crippen molar-refractivity contribution in [1.29, 1.82) is 0 Å². The van der Waals surface area contributed by atoms with Gasteiger partial charge < -0.3 is 9.84 Å². The maximum absolute atomic E-state index is 12.1. The Bertz CT molecular complexity index is 436. The van der Waals surface area contributed by atoms with E-state index < -0.39 is 35.7 Å². The van der Waals surface area contributed by atoms with Crippen LogP contribution in [-0.2, 0) is 19.6 Å². The molecule has 0 unspecified atom stereocenters. The molecule has 6 nitrogen and oxygen atoms in total. The van der Waals surface area contributed by atoms with E-state index in [0.717, 1.165) is 0 Å². The van der Waals surface area contributed by atoms with Crippen LogP contribution in [0.3, 0.4) is 0 Å². The molecule has 0 amide bonds. The number of sulfonamides is 1. The monoisotopic (exact) mass is 339 g/mol. The van der Waals surface area contributed by atoms with Crippen LogP contribution in [-0.4, -0.2) is 51.6 Å². The Morgan fingerprint density at radius 1 is 1.29 bits per heavy atom. The van der Waals surface area contributed by atoms with Gasteiger partial charge in [0.15, 0.2) is 0 Å². The second kappa shape index (κ2) is 7.71. The lowest BCUT2D eigenvalue weighted by Crippen LogP contribution is -2.46. The molecule has 0 aliphatic rings. The minimum atomic E-state index is -3.56. The summed E-state index contributed by atoms with van der Waals surface area (Å²) in [4.78, 5) is 12.0. The van der Waals surface area contributed by atoms with E-state index in [9.17, 15) is 13.2 Å². The Labute approximate surface area is 129 Å². The van der Waals surface area contributed by atoms with Crippen LogP contribution >= 0.6 is 0 Å². The molecular formula is C13H29NO5SSi. The summed E-state index contributed by atoms with van der Waals surface area (Å²) >= 11 is 0. The van der Waals surface area contributed by atoms with E-state index in [0.29, 0.717) is 6.04 Å². The quantitative estimate of drug-likeness (QED) is 0.514. The molecule has 0 aromatic heterocycles. The molecule has 0 heterocycles. The second-order valence-electron chi connectivity index (χ2n) is 7.35. The molecule has 0 aliphatic carbocycles. The van der Waals surface area contributed by atoms with Gasteiger partial charge in [-0.3, -0.25) is 4.79 Å². The number of aliphatic hydroxyl groups is 1. The minimum absolute atomic E-state index is 0.00108. The van der Waals surface area contributed by atoms with Crippen molar-refractivity contribution in [3.05, 3.63) is 0 Å². The number of esters is 1. The zero-order chi connectivity index (χ0) is 16.9. The van der Waals surface area contributed by atoms with Crippen LogP contribution < -0.4 is 4.72 Å². The first-order valence-electron chi connectivity index (χ1n) is 7.09. The minimum Gasteiger partial charge on any atom is -0.459 e. The first kappa shape index (κ1) is 20.6. The lowest BCUT2D eigenvalue weighted by Gasteiger charge is -2.24. The average molecular weight is 340 g/mol. The predicted molar refractivity (Wildman–Crippen MR) is 86.4 cm³/mol. The molecule has 0 saturated carbocycles. The Balaban J connectivity index is 4.80. The second-order valence-corrected chi connectivity index (χ2v) is 14.8. The van der Waals surface area contributed by atoms with Crippen molar-refractivity contribution in [1.82, 2.24) is 4.72 Å². The molecule has 21 heavy (non-hydrogen) atoms. The standard InChI is InChI=1S/C13H29NO5SSi/c1-13(2,3)19-12(16)11(7-8-15)14-20(17,18)9-10-21(4,5)6/h11,14-15H,7-10H2,1-6H3/t11-/m0/s1. The summed E-state index contributed by atoms with van der Waals surface area (Å²) in [6.07, 6.45) is 0.00108. The average Bonchev–Trinajstić information content (AvgIpc) is 2.22. The van der Waals surface area contributed by atoms with Gasteiger partial charge in [-0.25, -0.2) is 13.1 Å². The molecule has 0 aromatic carbocycles. The molecule has 0 bridgehead atoms. The van der Waals surface area contributed by atoms with Crippen LogP contribution in [0.1, 0.15) is 27.2 Å². The summed E-state index contributed by atoms with van der Waals surface area (Å²) in [5.74, 6) is -0.666. The van der Waals surface area contributed by atoms with Crippen molar-refractivity contribution in [2.75, 3.05) is 12.4 Å². The normalized spacial score (nSPS) is 14.8. The van der Waals surface area contributed by atoms with Crippen LogP contribution in [0.4, 0.5) is 0 Å². The van der Waals surface area contributed by atoms with Crippen LogP contribution in [0.25, 0.3) is 0 Å². The van der Waals surface area contributed by atoms with Gasteiger partial charge in [-0.1, -0.05) is 19.6 Å². The maximum Gasteiger partial charge on any atom is 0.324 e. The lowest BCUT2D eigenvalue weighted by molar-refractivity contribution is -0.157. The lowest BCUT2D eigenvalue weighted by atomic mass is 10.2. The molecule has 0 radical (unpaired) electrons. The summed E-state index contributed by atoms with van der Waals surface area (Å²) < 4.78 is 31.6. The Hall–Kier alpha value is -0.443. The van der Waals surface area contributed by atoms with Gasteiger partial charge in [0, 0.05) is 14.7 Å². The highest BCUT2D eigenvalue weighted by Gasteiger charge is 2.29. The van der Waals surface area contributed by atoms with E-state index in [2.05, 4.69) is 24.4 Å². The van der Waals surface area contributed by atoms with Crippen LogP contribution in [0.5, 0.6) is 0 Å². The molecular weight excluding hydrogens is 310 g/mol. The van der Waals surface area contributed by atoms with E-state index in [1.165, 1.54) is 0 Å². The van der Waals surface area contributed by atoms with Crippen molar-refractivity contribution in [2.45, 2.75) is 64.5 Å². The van der Waals surface area contributed by atoms with Gasteiger partial charge in [0.05, 0.1) is 5.75 Å². The Morgan fingerprint density at radius 3 is 2.19 bits per heavy atom. The highest BCUT2D eigenvalue weighted by Crippen LogP contribution is 2.12. The smallest absolute Gasteiger partial charge is 0.324 e. The maximum atomic E-state index is 12.1. The van der Waals surface area contributed by atoms with Crippen molar-refractivity contribution in [3.63, 3.8) is 0 Å². The van der Waals surface area contributed by atoms with Gasteiger partial charge in [-0.2, -0.15) is 0 Å². The van der Waals surface area contributed by atoms with Crippen LogP contribution in [0.15, 0.2) is 0 Å². The third-order valence-corrected chi connectivity index (χ3v) is 6.05. The summed E-state index contributed by atoms with van der Waals surface area (Å²) in [6, 6.07) is -0.427. The molecule has 0 saturated heterocycles. The van der Waals surface area contributed by atoms with Crippen molar-refractivity contribution in [3.8, 4) is 0 Å². The number of ether oxygens (including phenoxy) is 1. The fourth-order valence-corrected chi connectivity index (χ4v) is 5.73. The van der Waals surface area contributed by atoms with E-state index in [4.69, 9.17) is 9.84 Å². The van der Waals surface area contributed by atoms with Gasteiger partial charge in [-0.15, -0.1) is 0 Å². The molecule has 0 aliphatic heterocycles. The number of carbonyl (C=O) groups excluding carboxylic acids is 1. The number of hydrogen-bond acceptors (Lipinski definition) is 5. The molecule has 126 valence electrons.